The molecule has 0 saturated carbocycles. The van der Waals surface area contributed by atoms with Crippen molar-refractivity contribution in [3.8, 4) is 6.07 Å². The Morgan fingerprint density at radius 2 is 1.96 bits per heavy atom. The van der Waals surface area contributed by atoms with Crippen LogP contribution in [0.25, 0.3) is 0 Å². The van der Waals surface area contributed by atoms with Crippen LogP contribution in [0.5, 0.6) is 0 Å². The van der Waals surface area contributed by atoms with Gasteiger partial charge in [0.25, 0.3) is 5.91 Å². The van der Waals surface area contributed by atoms with Gasteiger partial charge in [0.1, 0.15) is 17.6 Å². The van der Waals surface area contributed by atoms with Gasteiger partial charge in [-0.3, -0.25) is 9.59 Å². The van der Waals surface area contributed by atoms with Gasteiger partial charge in [0, 0.05) is 51.2 Å². The summed E-state index contributed by atoms with van der Waals surface area (Å²) in [6.07, 6.45) is 3.35. The smallest absolute Gasteiger partial charge is 0.270 e. The molecule has 0 N–H and O–H groups in total. The minimum absolute atomic E-state index is 0.0568. The molecular weight excluding hydrogens is 318 g/mol. The molecule has 7 nitrogen and oxygen atoms in total. The van der Waals surface area contributed by atoms with E-state index in [-0.39, 0.29) is 11.7 Å². The minimum Gasteiger partial charge on any atom is -0.352 e. The van der Waals surface area contributed by atoms with Crippen LogP contribution < -0.4 is 4.90 Å². The van der Waals surface area contributed by atoms with Crippen molar-refractivity contribution in [1.29, 1.82) is 5.26 Å². The standard InChI is InChI=1S/C18H19N5O2/c1-13(24)15-10-16(21(2)12-15)18(25)23-8-6-22(7-9-23)17-14(11-19)4-3-5-20-17/h3-5,10,12H,6-9H2,1-2H3. The van der Waals surface area contributed by atoms with Gasteiger partial charge in [-0.2, -0.15) is 5.26 Å². The summed E-state index contributed by atoms with van der Waals surface area (Å²) in [6.45, 7) is 3.80. The van der Waals surface area contributed by atoms with Crippen molar-refractivity contribution in [1.82, 2.24) is 14.5 Å². The van der Waals surface area contributed by atoms with Gasteiger partial charge in [-0.15, -0.1) is 0 Å². The second-order valence-electron chi connectivity index (χ2n) is 6.05. The highest BCUT2D eigenvalue weighted by Gasteiger charge is 2.26. The topological polar surface area (TPSA) is 82.2 Å². The number of aryl methyl sites for hydroxylation is 1. The predicted molar refractivity (Wildman–Crippen MR) is 92.5 cm³/mol. The third-order valence-electron chi connectivity index (χ3n) is 4.40. The van der Waals surface area contributed by atoms with E-state index in [2.05, 4.69) is 11.1 Å². The summed E-state index contributed by atoms with van der Waals surface area (Å²) in [5.74, 6) is 0.518. The summed E-state index contributed by atoms with van der Waals surface area (Å²) in [5, 5.41) is 9.20. The zero-order valence-corrected chi connectivity index (χ0v) is 14.3. The first-order chi connectivity index (χ1) is 12.0. The lowest BCUT2D eigenvalue weighted by Crippen LogP contribution is -2.49. The largest absolute Gasteiger partial charge is 0.352 e. The number of nitrogens with zero attached hydrogens (tertiary/aromatic N) is 5. The molecule has 0 bridgehead atoms. The molecule has 1 saturated heterocycles. The summed E-state index contributed by atoms with van der Waals surface area (Å²) < 4.78 is 1.69. The van der Waals surface area contributed by atoms with Crippen LogP contribution in [-0.2, 0) is 7.05 Å². The Hall–Kier alpha value is -3.14. The van der Waals surface area contributed by atoms with E-state index >= 15 is 0 Å². The van der Waals surface area contributed by atoms with Crippen LogP contribution in [0.3, 0.4) is 0 Å². The number of ketones is 1. The first-order valence-electron chi connectivity index (χ1n) is 8.08. The maximum absolute atomic E-state index is 12.7. The monoisotopic (exact) mass is 337 g/mol. The molecule has 0 unspecified atom stereocenters. The molecule has 3 rings (SSSR count). The van der Waals surface area contributed by atoms with Gasteiger partial charge in [0.15, 0.2) is 5.78 Å². The lowest BCUT2D eigenvalue weighted by molar-refractivity contribution is 0.0737. The van der Waals surface area contributed by atoms with Crippen molar-refractivity contribution >= 4 is 17.5 Å². The number of rotatable bonds is 3. The highest BCUT2D eigenvalue weighted by atomic mass is 16.2. The van der Waals surface area contributed by atoms with Crippen LogP contribution in [-0.4, -0.2) is 52.3 Å². The molecule has 1 fully saturated rings. The van der Waals surface area contributed by atoms with Crippen molar-refractivity contribution in [3.05, 3.63) is 47.4 Å². The Kier molecular flexibility index (Phi) is 4.52. The van der Waals surface area contributed by atoms with Crippen molar-refractivity contribution < 1.29 is 9.59 Å². The number of hydrogen-bond donors (Lipinski definition) is 0. The van der Waals surface area contributed by atoms with Crippen molar-refractivity contribution in [2.24, 2.45) is 7.05 Å². The number of pyridine rings is 1. The summed E-state index contributed by atoms with van der Waals surface area (Å²) in [7, 11) is 1.77. The van der Waals surface area contributed by atoms with Crippen molar-refractivity contribution in [3.63, 3.8) is 0 Å². The third kappa shape index (κ3) is 3.24. The fourth-order valence-corrected chi connectivity index (χ4v) is 2.99. The molecule has 0 aromatic carbocycles. The summed E-state index contributed by atoms with van der Waals surface area (Å²) in [6, 6.07) is 7.28. The Balaban J connectivity index is 1.71. The van der Waals surface area contributed by atoms with Crippen LogP contribution in [0.15, 0.2) is 30.6 Å². The SMILES string of the molecule is CC(=O)c1cc(C(=O)N2CCN(c3ncccc3C#N)CC2)n(C)c1. The number of Topliss-reactive ketones (excluding diaryl/α,β-unsaturated/α-hetero) is 1. The summed E-state index contributed by atoms with van der Waals surface area (Å²) >= 11 is 0. The molecule has 7 heteroatoms. The van der Waals surface area contributed by atoms with Crippen molar-refractivity contribution in [2.75, 3.05) is 31.1 Å². The number of anilines is 1. The lowest BCUT2D eigenvalue weighted by atomic mass is 10.2. The average molecular weight is 337 g/mol. The van der Waals surface area contributed by atoms with E-state index in [1.165, 1.54) is 6.92 Å². The molecule has 1 amide bonds. The van der Waals surface area contributed by atoms with E-state index < -0.39 is 0 Å². The Labute approximate surface area is 146 Å². The molecule has 128 valence electrons. The van der Waals surface area contributed by atoms with Crippen LogP contribution in [0.2, 0.25) is 0 Å². The summed E-state index contributed by atoms with van der Waals surface area (Å²) in [4.78, 5) is 32.3. The number of amides is 1. The zero-order valence-electron chi connectivity index (χ0n) is 14.3. The fourth-order valence-electron chi connectivity index (χ4n) is 2.99. The van der Waals surface area contributed by atoms with Crippen LogP contribution in [0.1, 0.15) is 33.3 Å². The number of nitriles is 1. The Morgan fingerprint density at radius 1 is 1.24 bits per heavy atom. The van der Waals surface area contributed by atoms with Gasteiger partial charge in [-0.1, -0.05) is 0 Å². The second kappa shape index (κ2) is 6.77. The molecule has 0 atom stereocenters. The average Bonchev–Trinajstić information content (AvgIpc) is 3.03. The highest BCUT2D eigenvalue weighted by Crippen LogP contribution is 2.19. The predicted octanol–water partition coefficient (Wildman–Crippen LogP) is 1.46. The maximum atomic E-state index is 12.7. The highest BCUT2D eigenvalue weighted by molar-refractivity contribution is 5.99. The van der Waals surface area contributed by atoms with E-state index in [0.717, 1.165) is 0 Å². The van der Waals surface area contributed by atoms with Crippen LogP contribution in [0.4, 0.5) is 5.82 Å². The number of carbonyl (C=O) groups excluding carboxylic acids is 2. The molecule has 3 heterocycles. The van der Waals surface area contributed by atoms with Gasteiger partial charge >= 0.3 is 0 Å². The quantitative estimate of drug-likeness (QED) is 0.792. The first kappa shape index (κ1) is 16.7. The van der Waals surface area contributed by atoms with E-state index in [9.17, 15) is 14.9 Å². The molecule has 2 aromatic rings. The van der Waals surface area contributed by atoms with Gasteiger partial charge in [-0.25, -0.2) is 4.98 Å². The van der Waals surface area contributed by atoms with Crippen LogP contribution >= 0.6 is 0 Å². The van der Waals surface area contributed by atoms with E-state index in [0.29, 0.717) is 48.8 Å². The molecule has 25 heavy (non-hydrogen) atoms. The molecule has 0 radical (unpaired) electrons. The van der Waals surface area contributed by atoms with Gasteiger partial charge < -0.3 is 14.4 Å². The molecule has 0 aliphatic carbocycles. The molecule has 1 aliphatic heterocycles. The minimum atomic E-state index is -0.0869. The zero-order chi connectivity index (χ0) is 18.0. The fraction of sp³-hybridized carbons (Fsp3) is 0.333. The third-order valence-corrected chi connectivity index (χ3v) is 4.40. The second-order valence-corrected chi connectivity index (χ2v) is 6.05. The molecular formula is C18H19N5O2. The summed E-state index contributed by atoms with van der Waals surface area (Å²) in [5.41, 5.74) is 1.58. The van der Waals surface area contributed by atoms with Gasteiger partial charge in [0.05, 0.1) is 5.56 Å². The van der Waals surface area contributed by atoms with Gasteiger partial charge in [0.2, 0.25) is 0 Å². The molecule has 0 spiro atoms. The first-order valence-corrected chi connectivity index (χ1v) is 8.08. The number of aromatic nitrogens is 2. The van der Waals surface area contributed by atoms with Crippen LogP contribution in [0, 0.1) is 11.3 Å². The van der Waals surface area contributed by atoms with E-state index in [4.69, 9.17) is 0 Å². The number of piperazine rings is 1. The molecule has 2 aromatic heterocycles. The van der Waals surface area contributed by atoms with E-state index in [1.807, 2.05) is 4.90 Å². The van der Waals surface area contributed by atoms with E-state index in [1.54, 1.807) is 47.1 Å². The van der Waals surface area contributed by atoms with Gasteiger partial charge in [-0.05, 0) is 25.1 Å². The Morgan fingerprint density at radius 3 is 2.56 bits per heavy atom. The number of carbonyl (C=O) groups is 2. The number of hydrogen-bond acceptors (Lipinski definition) is 5. The normalized spacial score (nSPS) is 14.3. The lowest BCUT2D eigenvalue weighted by Gasteiger charge is -2.35. The van der Waals surface area contributed by atoms with Crippen molar-refractivity contribution in [2.45, 2.75) is 6.92 Å². The maximum Gasteiger partial charge on any atom is 0.270 e. The molecule has 1 aliphatic rings. The Bertz CT molecular complexity index is 857.